The lowest BCUT2D eigenvalue weighted by Gasteiger charge is -2.44. The van der Waals surface area contributed by atoms with E-state index in [-0.39, 0.29) is 0 Å². The maximum Gasteiger partial charge on any atom is 0.0118 e. The summed E-state index contributed by atoms with van der Waals surface area (Å²) in [6.07, 6.45) is 6.94. The van der Waals surface area contributed by atoms with Crippen LogP contribution in [-0.2, 0) is 0 Å². The predicted molar refractivity (Wildman–Crippen MR) is 78.8 cm³/mol. The smallest absolute Gasteiger partial charge is 0.0118 e. The average Bonchev–Trinajstić information content (AvgIpc) is 2.28. The molecule has 1 heterocycles. The molecule has 1 N–H and O–H groups in total. The van der Waals surface area contributed by atoms with Crippen molar-refractivity contribution in [3.8, 4) is 0 Å². The van der Waals surface area contributed by atoms with Gasteiger partial charge >= 0.3 is 0 Å². The summed E-state index contributed by atoms with van der Waals surface area (Å²) in [5.41, 5.74) is 0.575. The van der Waals surface area contributed by atoms with Crippen LogP contribution in [-0.4, -0.2) is 37.6 Å². The lowest BCUT2D eigenvalue weighted by atomic mass is 9.70. The molecule has 0 radical (unpaired) electrons. The first-order valence-corrected chi connectivity index (χ1v) is 7.89. The van der Waals surface area contributed by atoms with Gasteiger partial charge in [0.25, 0.3) is 0 Å². The molecule has 106 valence electrons. The van der Waals surface area contributed by atoms with Crippen molar-refractivity contribution < 1.29 is 0 Å². The topological polar surface area (TPSA) is 15.3 Å². The minimum absolute atomic E-state index is 0.575. The summed E-state index contributed by atoms with van der Waals surface area (Å²) in [5.74, 6) is 1.79. The van der Waals surface area contributed by atoms with Gasteiger partial charge in [-0.2, -0.15) is 0 Å². The van der Waals surface area contributed by atoms with Crippen LogP contribution in [0.15, 0.2) is 0 Å². The van der Waals surface area contributed by atoms with Gasteiger partial charge in [0.2, 0.25) is 0 Å². The second-order valence-electron chi connectivity index (χ2n) is 7.58. The van der Waals surface area contributed by atoms with Crippen molar-refractivity contribution in [1.82, 2.24) is 10.2 Å². The number of hydrogen-bond acceptors (Lipinski definition) is 2. The summed E-state index contributed by atoms with van der Waals surface area (Å²) in [7, 11) is 2.36. The van der Waals surface area contributed by atoms with Crippen LogP contribution in [0.1, 0.15) is 52.9 Å². The lowest BCUT2D eigenvalue weighted by Crippen LogP contribution is -2.45. The second kappa shape index (κ2) is 5.92. The molecule has 2 aliphatic rings. The minimum atomic E-state index is 0.575. The van der Waals surface area contributed by atoms with E-state index in [1.807, 2.05) is 0 Å². The molecule has 2 heteroatoms. The third kappa shape index (κ3) is 3.71. The number of hydrogen-bond donors (Lipinski definition) is 1. The highest BCUT2D eigenvalue weighted by Crippen LogP contribution is 2.40. The summed E-state index contributed by atoms with van der Waals surface area (Å²) in [4.78, 5) is 2.68. The van der Waals surface area contributed by atoms with E-state index in [2.05, 4.69) is 38.0 Å². The molecular weight excluding hydrogens is 220 g/mol. The van der Waals surface area contributed by atoms with Crippen molar-refractivity contribution in [3.05, 3.63) is 0 Å². The van der Waals surface area contributed by atoms with E-state index in [4.69, 9.17) is 0 Å². The Morgan fingerprint density at radius 3 is 2.44 bits per heavy atom. The van der Waals surface area contributed by atoms with Gasteiger partial charge in [-0.05, 0) is 69.5 Å². The molecule has 0 bridgehead atoms. The molecule has 2 unspecified atom stereocenters. The van der Waals surface area contributed by atoms with Crippen molar-refractivity contribution in [2.45, 2.75) is 58.9 Å². The zero-order chi connectivity index (χ0) is 13.2. The van der Waals surface area contributed by atoms with Crippen molar-refractivity contribution in [1.29, 1.82) is 0 Å². The van der Waals surface area contributed by atoms with E-state index in [0.717, 1.165) is 17.9 Å². The van der Waals surface area contributed by atoms with E-state index in [1.54, 1.807) is 0 Å². The Balaban J connectivity index is 1.83. The van der Waals surface area contributed by atoms with E-state index in [1.165, 1.54) is 51.7 Å². The molecule has 2 rings (SSSR count). The fourth-order valence-corrected chi connectivity index (χ4v) is 4.19. The molecule has 0 aromatic rings. The first kappa shape index (κ1) is 14.3. The van der Waals surface area contributed by atoms with Gasteiger partial charge in [-0.15, -0.1) is 0 Å². The third-order valence-corrected chi connectivity index (χ3v) is 5.22. The van der Waals surface area contributed by atoms with Crippen LogP contribution < -0.4 is 5.32 Å². The monoisotopic (exact) mass is 252 g/mol. The predicted octanol–water partition coefficient (Wildman–Crippen LogP) is 3.13. The zero-order valence-corrected chi connectivity index (χ0v) is 12.8. The van der Waals surface area contributed by atoms with Crippen molar-refractivity contribution in [3.63, 3.8) is 0 Å². The van der Waals surface area contributed by atoms with Gasteiger partial charge in [-0.3, -0.25) is 0 Å². The highest BCUT2D eigenvalue weighted by molar-refractivity contribution is 4.88. The molecule has 0 aromatic carbocycles. The normalized spacial score (nSPS) is 33.8. The molecule has 2 nitrogen and oxygen atoms in total. The lowest BCUT2D eigenvalue weighted by molar-refractivity contribution is 0.0637. The molecular formula is C16H32N2. The van der Waals surface area contributed by atoms with Gasteiger partial charge in [0.1, 0.15) is 0 Å². The second-order valence-corrected chi connectivity index (χ2v) is 7.58. The average molecular weight is 252 g/mol. The molecule has 0 aromatic heterocycles. The molecule has 1 saturated carbocycles. The van der Waals surface area contributed by atoms with Crippen molar-refractivity contribution in [2.75, 3.05) is 26.7 Å². The van der Waals surface area contributed by atoms with Gasteiger partial charge in [-0.1, -0.05) is 20.8 Å². The zero-order valence-electron chi connectivity index (χ0n) is 12.8. The number of rotatable bonds is 3. The molecule has 1 aliphatic carbocycles. The first-order valence-electron chi connectivity index (χ1n) is 7.89. The Kier molecular flexibility index (Phi) is 4.71. The Morgan fingerprint density at radius 1 is 1.17 bits per heavy atom. The van der Waals surface area contributed by atoms with Gasteiger partial charge < -0.3 is 10.2 Å². The van der Waals surface area contributed by atoms with E-state index < -0.39 is 0 Å². The van der Waals surface area contributed by atoms with E-state index in [9.17, 15) is 0 Å². The van der Waals surface area contributed by atoms with Gasteiger partial charge in [0.05, 0.1) is 0 Å². The maximum absolute atomic E-state index is 3.47. The summed E-state index contributed by atoms with van der Waals surface area (Å²) in [6.45, 7) is 11.1. The highest BCUT2D eigenvalue weighted by atomic mass is 15.1. The summed E-state index contributed by atoms with van der Waals surface area (Å²) >= 11 is 0. The van der Waals surface area contributed by atoms with Crippen LogP contribution in [0.4, 0.5) is 0 Å². The quantitative estimate of drug-likeness (QED) is 0.830. The fraction of sp³-hybridized carbons (Fsp3) is 1.00. The van der Waals surface area contributed by atoms with E-state index in [0.29, 0.717) is 5.41 Å². The Bertz CT molecular complexity index is 256. The van der Waals surface area contributed by atoms with Crippen LogP contribution >= 0.6 is 0 Å². The summed E-state index contributed by atoms with van der Waals surface area (Å²) < 4.78 is 0. The van der Waals surface area contributed by atoms with Crippen LogP contribution in [0.3, 0.4) is 0 Å². The number of nitrogens with one attached hydrogen (secondary N) is 1. The minimum Gasteiger partial charge on any atom is -0.317 e. The largest absolute Gasteiger partial charge is 0.317 e. The van der Waals surface area contributed by atoms with Crippen molar-refractivity contribution in [2.24, 2.45) is 17.3 Å². The molecule has 1 aliphatic heterocycles. The van der Waals surface area contributed by atoms with Crippen LogP contribution in [0, 0.1) is 17.3 Å². The molecule has 2 fully saturated rings. The van der Waals surface area contributed by atoms with Gasteiger partial charge in [-0.25, -0.2) is 0 Å². The molecule has 1 saturated heterocycles. The number of nitrogens with zero attached hydrogens (tertiary/aromatic N) is 1. The summed E-state index contributed by atoms with van der Waals surface area (Å²) in [6, 6.07) is 0.827. The molecule has 2 atom stereocenters. The maximum atomic E-state index is 3.47. The number of piperidine rings is 1. The van der Waals surface area contributed by atoms with Crippen LogP contribution in [0.5, 0.6) is 0 Å². The first-order chi connectivity index (χ1) is 8.48. The third-order valence-electron chi connectivity index (χ3n) is 5.22. The highest BCUT2D eigenvalue weighted by Gasteiger charge is 2.34. The van der Waals surface area contributed by atoms with Crippen LogP contribution in [0.25, 0.3) is 0 Å². The van der Waals surface area contributed by atoms with Gasteiger partial charge in [0, 0.05) is 12.6 Å². The van der Waals surface area contributed by atoms with Crippen molar-refractivity contribution >= 4 is 0 Å². The SMILES string of the molecule is CC1CC(C)(C)CCC1N(C)CC1CCNCC1. The molecule has 18 heavy (non-hydrogen) atoms. The standard InChI is InChI=1S/C16H32N2/c1-13-11-16(2,3)8-5-15(13)18(4)12-14-6-9-17-10-7-14/h13-15,17H,5-12H2,1-4H3. The van der Waals surface area contributed by atoms with Crippen LogP contribution in [0.2, 0.25) is 0 Å². The molecule has 0 spiro atoms. The fourth-order valence-electron chi connectivity index (χ4n) is 4.19. The van der Waals surface area contributed by atoms with E-state index >= 15 is 0 Å². The molecule has 0 amide bonds. The Hall–Kier alpha value is -0.0800. The Morgan fingerprint density at radius 2 is 1.83 bits per heavy atom. The summed E-state index contributed by atoms with van der Waals surface area (Å²) in [5, 5.41) is 3.47. The Labute approximate surface area is 114 Å². The van der Waals surface area contributed by atoms with Gasteiger partial charge in [0.15, 0.2) is 0 Å².